The highest BCUT2D eigenvalue weighted by Crippen LogP contribution is 2.24. The van der Waals surface area contributed by atoms with E-state index in [0.29, 0.717) is 44.4 Å². The Morgan fingerprint density at radius 1 is 0.970 bits per heavy atom. The van der Waals surface area contributed by atoms with E-state index in [1.165, 1.54) is 16.4 Å². The predicted molar refractivity (Wildman–Crippen MR) is 124 cm³/mol. The molecule has 3 aromatic rings. The van der Waals surface area contributed by atoms with Gasteiger partial charge in [-0.3, -0.25) is 4.90 Å². The number of nitrogens with zero attached hydrogens (tertiary/aromatic N) is 5. The van der Waals surface area contributed by atoms with Crippen LogP contribution < -0.4 is 11.1 Å². The van der Waals surface area contributed by atoms with Crippen LogP contribution in [0.25, 0.3) is 0 Å². The van der Waals surface area contributed by atoms with Crippen LogP contribution in [0.4, 0.5) is 22.0 Å². The molecule has 0 radical (unpaired) electrons. The highest BCUT2D eigenvalue weighted by molar-refractivity contribution is 7.89. The van der Waals surface area contributed by atoms with Crippen molar-refractivity contribution in [1.82, 2.24) is 24.2 Å². The summed E-state index contributed by atoms with van der Waals surface area (Å²) < 4.78 is 40.6. The summed E-state index contributed by atoms with van der Waals surface area (Å²) in [6.07, 6.45) is 0.639. The van der Waals surface area contributed by atoms with Gasteiger partial charge in [0.15, 0.2) is 5.82 Å². The molecule has 1 unspecified atom stereocenters. The van der Waals surface area contributed by atoms with E-state index in [9.17, 15) is 12.8 Å². The van der Waals surface area contributed by atoms with Gasteiger partial charge in [0, 0.05) is 31.9 Å². The Hall–Kier alpha value is -3.15. The second kappa shape index (κ2) is 9.77. The number of anilines is 3. The van der Waals surface area contributed by atoms with Crippen molar-refractivity contribution < 1.29 is 12.8 Å². The molecule has 33 heavy (non-hydrogen) atoms. The third-order valence-electron chi connectivity index (χ3n) is 5.56. The SMILES string of the molecule is CC(c1nc(N)nc(Nc2ccccc2)n1)N1CCCN(S(=O)(=O)c2ccc(F)cc2)CC1. The molecule has 1 aliphatic heterocycles. The molecule has 0 bridgehead atoms. The Kier molecular flexibility index (Phi) is 6.82. The minimum atomic E-state index is -3.70. The zero-order valence-electron chi connectivity index (χ0n) is 18.2. The van der Waals surface area contributed by atoms with E-state index in [2.05, 4.69) is 25.2 Å². The van der Waals surface area contributed by atoms with Gasteiger partial charge in [0.2, 0.25) is 21.9 Å². The maximum Gasteiger partial charge on any atom is 0.243 e. The number of nitrogen functional groups attached to an aromatic ring is 1. The summed E-state index contributed by atoms with van der Waals surface area (Å²) in [4.78, 5) is 15.2. The smallest absolute Gasteiger partial charge is 0.243 e. The summed E-state index contributed by atoms with van der Waals surface area (Å²) in [5.74, 6) is 0.504. The monoisotopic (exact) mass is 471 g/mol. The largest absolute Gasteiger partial charge is 0.368 e. The molecule has 2 heterocycles. The van der Waals surface area contributed by atoms with Crippen LogP contribution in [0.1, 0.15) is 25.2 Å². The lowest BCUT2D eigenvalue weighted by Crippen LogP contribution is -2.36. The molecular formula is C22H26FN7O2S. The van der Waals surface area contributed by atoms with Gasteiger partial charge in [-0.15, -0.1) is 0 Å². The van der Waals surface area contributed by atoms with Crippen molar-refractivity contribution in [1.29, 1.82) is 0 Å². The highest BCUT2D eigenvalue weighted by atomic mass is 32.2. The first-order valence-electron chi connectivity index (χ1n) is 10.7. The molecule has 1 aliphatic rings. The Balaban J connectivity index is 1.47. The number of hydrogen-bond donors (Lipinski definition) is 2. The Morgan fingerprint density at radius 3 is 2.42 bits per heavy atom. The van der Waals surface area contributed by atoms with E-state index in [0.717, 1.165) is 17.8 Å². The Morgan fingerprint density at radius 2 is 1.70 bits per heavy atom. The van der Waals surface area contributed by atoms with Crippen LogP contribution in [0.15, 0.2) is 59.5 Å². The van der Waals surface area contributed by atoms with E-state index in [1.807, 2.05) is 37.3 Å². The molecular weight excluding hydrogens is 445 g/mol. The highest BCUT2D eigenvalue weighted by Gasteiger charge is 2.29. The number of hydrogen-bond acceptors (Lipinski definition) is 8. The van der Waals surface area contributed by atoms with Gasteiger partial charge in [0.1, 0.15) is 5.82 Å². The fourth-order valence-corrected chi connectivity index (χ4v) is 5.23. The first kappa shape index (κ1) is 23.0. The minimum absolute atomic E-state index is 0.0901. The first-order valence-corrected chi connectivity index (χ1v) is 12.1. The second-order valence-corrected chi connectivity index (χ2v) is 9.73. The number of rotatable bonds is 6. The van der Waals surface area contributed by atoms with Crippen LogP contribution in [-0.2, 0) is 10.0 Å². The lowest BCUT2D eigenvalue weighted by Gasteiger charge is -2.27. The molecule has 0 saturated carbocycles. The lowest BCUT2D eigenvalue weighted by molar-refractivity contribution is 0.214. The third-order valence-corrected chi connectivity index (χ3v) is 7.48. The number of benzene rings is 2. The van der Waals surface area contributed by atoms with E-state index < -0.39 is 15.8 Å². The van der Waals surface area contributed by atoms with Crippen molar-refractivity contribution >= 4 is 27.6 Å². The van der Waals surface area contributed by atoms with Gasteiger partial charge in [0.05, 0.1) is 10.9 Å². The summed E-state index contributed by atoms with van der Waals surface area (Å²) in [6.45, 7) is 3.81. The van der Waals surface area contributed by atoms with Crippen LogP contribution >= 0.6 is 0 Å². The van der Waals surface area contributed by atoms with Crippen LogP contribution in [0, 0.1) is 5.82 Å². The quantitative estimate of drug-likeness (QED) is 0.564. The first-order chi connectivity index (χ1) is 15.8. The molecule has 0 spiro atoms. The average molecular weight is 472 g/mol. The van der Waals surface area contributed by atoms with E-state index in [4.69, 9.17) is 5.73 Å². The van der Waals surface area contributed by atoms with Gasteiger partial charge in [-0.2, -0.15) is 19.3 Å². The minimum Gasteiger partial charge on any atom is -0.368 e. The second-order valence-electron chi connectivity index (χ2n) is 7.79. The maximum atomic E-state index is 13.2. The lowest BCUT2D eigenvalue weighted by atomic mass is 10.2. The summed E-state index contributed by atoms with van der Waals surface area (Å²) in [6, 6.07) is 14.2. The molecule has 1 saturated heterocycles. The molecule has 1 fully saturated rings. The number of para-hydroxylation sites is 1. The summed E-state index contributed by atoms with van der Waals surface area (Å²) in [7, 11) is -3.70. The Bertz CT molecular complexity index is 1190. The van der Waals surface area contributed by atoms with Crippen molar-refractivity contribution in [3.8, 4) is 0 Å². The summed E-state index contributed by atoms with van der Waals surface area (Å²) in [5, 5.41) is 3.13. The zero-order valence-corrected chi connectivity index (χ0v) is 19.0. The molecule has 11 heteroatoms. The van der Waals surface area contributed by atoms with E-state index in [-0.39, 0.29) is 16.9 Å². The van der Waals surface area contributed by atoms with Crippen molar-refractivity contribution in [2.45, 2.75) is 24.3 Å². The summed E-state index contributed by atoms with van der Waals surface area (Å²) >= 11 is 0. The topological polar surface area (TPSA) is 117 Å². The van der Waals surface area contributed by atoms with Gasteiger partial charge in [-0.1, -0.05) is 18.2 Å². The normalized spacial score (nSPS) is 16.8. The van der Waals surface area contributed by atoms with Gasteiger partial charge in [-0.25, -0.2) is 12.8 Å². The molecule has 0 aliphatic carbocycles. The number of halogens is 1. The fraction of sp³-hybridized carbons (Fsp3) is 0.318. The van der Waals surface area contributed by atoms with E-state index in [1.54, 1.807) is 0 Å². The number of aromatic nitrogens is 3. The molecule has 2 aromatic carbocycles. The number of nitrogens with one attached hydrogen (secondary N) is 1. The van der Waals surface area contributed by atoms with Crippen molar-refractivity contribution in [3.05, 3.63) is 66.2 Å². The van der Waals surface area contributed by atoms with Gasteiger partial charge < -0.3 is 11.1 Å². The predicted octanol–water partition coefficient (Wildman–Crippen LogP) is 2.79. The maximum absolute atomic E-state index is 13.2. The standard InChI is InChI=1S/C22H26FN7O2S/c1-16(20-26-21(24)28-22(27-20)25-18-6-3-2-4-7-18)29-12-5-13-30(15-14-29)33(31,32)19-10-8-17(23)9-11-19/h2-4,6-11,16H,5,12-15H2,1H3,(H3,24,25,26,27,28). The third kappa shape index (κ3) is 5.44. The van der Waals surface area contributed by atoms with Gasteiger partial charge in [-0.05, 0) is 49.7 Å². The molecule has 1 atom stereocenters. The van der Waals surface area contributed by atoms with Crippen LogP contribution in [-0.4, -0.2) is 58.8 Å². The fourth-order valence-electron chi connectivity index (χ4n) is 3.76. The van der Waals surface area contributed by atoms with Crippen LogP contribution in [0.5, 0.6) is 0 Å². The van der Waals surface area contributed by atoms with Crippen LogP contribution in [0.2, 0.25) is 0 Å². The van der Waals surface area contributed by atoms with Gasteiger partial charge in [0.25, 0.3) is 0 Å². The van der Waals surface area contributed by atoms with Crippen molar-refractivity contribution in [3.63, 3.8) is 0 Å². The Labute approximate surface area is 192 Å². The molecule has 0 amide bonds. The summed E-state index contributed by atoms with van der Waals surface area (Å²) in [5.41, 5.74) is 6.76. The molecule has 9 nitrogen and oxygen atoms in total. The van der Waals surface area contributed by atoms with Crippen molar-refractivity contribution in [2.75, 3.05) is 37.2 Å². The number of nitrogens with two attached hydrogens (primary N) is 1. The van der Waals surface area contributed by atoms with Crippen LogP contribution in [0.3, 0.4) is 0 Å². The average Bonchev–Trinajstić information content (AvgIpc) is 3.06. The molecule has 1 aromatic heterocycles. The van der Waals surface area contributed by atoms with E-state index >= 15 is 0 Å². The molecule has 4 rings (SSSR count). The zero-order chi connectivity index (χ0) is 23.4. The number of sulfonamides is 1. The molecule has 3 N–H and O–H groups in total. The van der Waals surface area contributed by atoms with Gasteiger partial charge >= 0.3 is 0 Å². The van der Waals surface area contributed by atoms with Crippen molar-refractivity contribution in [2.24, 2.45) is 0 Å². The molecule has 174 valence electrons.